The van der Waals surface area contributed by atoms with E-state index in [1.165, 1.54) is 0 Å². The van der Waals surface area contributed by atoms with E-state index in [1.807, 2.05) is 32.0 Å². The second-order valence-corrected chi connectivity index (χ2v) is 3.48. The lowest BCUT2D eigenvalue weighted by Gasteiger charge is -2.09. The summed E-state index contributed by atoms with van der Waals surface area (Å²) < 4.78 is 5.09. The summed E-state index contributed by atoms with van der Waals surface area (Å²) >= 11 is 0. The van der Waals surface area contributed by atoms with Crippen molar-refractivity contribution in [1.29, 1.82) is 0 Å². The van der Waals surface area contributed by atoms with Gasteiger partial charge >= 0.3 is 0 Å². The predicted molar refractivity (Wildman–Crippen MR) is 61.3 cm³/mol. The molecule has 0 bridgehead atoms. The Morgan fingerprint density at radius 3 is 2.73 bits per heavy atom. The number of aryl methyl sites for hydroxylation is 1. The number of ether oxygens (including phenoxy) is 1. The highest BCUT2D eigenvalue weighted by atomic mass is 16.5. The first-order valence-corrected chi connectivity index (χ1v) is 5.12. The fraction of sp³-hybridized carbons (Fsp3) is 0.417. The molecule has 0 aliphatic rings. The van der Waals surface area contributed by atoms with Crippen molar-refractivity contribution in [1.82, 2.24) is 0 Å². The van der Waals surface area contributed by atoms with Crippen molar-refractivity contribution in [2.45, 2.75) is 26.7 Å². The van der Waals surface area contributed by atoms with Crippen molar-refractivity contribution in [3.63, 3.8) is 0 Å². The Bertz CT molecular complexity index is 347. The van der Waals surface area contributed by atoms with Crippen LogP contribution in [0.25, 0.3) is 0 Å². The minimum Gasteiger partial charge on any atom is -0.497 e. The number of hydrogen-bond acceptors (Lipinski definition) is 2. The Labute approximate surface area is 90.4 Å². The normalized spacial score (nSPS) is 9.80. The molecule has 0 spiro atoms. The van der Waals surface area contributed by atoms with Crippen LogP contribution >= 0.6 is 0 Å². The molecule has 82 valence electrons. The highest BCUT2D eigenvalue weighted by Crippen LogP contribution is 2.21. The van der Waals surface area contributed by atoms with Crippen LogP contribution in [-0.2, 0) is 4.79 Å². The standard InChI is InChI=1S/C12H17NO2/c1-4-5-12(14)13-11-7-6-10(15-3)8-9(11)2/h6-8H,4-5H2,1-3H3,(H,13,14). The van der Waals surface area contributed by atoms with Gasteiger partial charge in [0.05, 0.1) is 7.11 Å². The number of nitrogens with one attached hydrogen (secondary N) is 1. The number of amides is 1. The third kappa shape index (κ3) is 3.27. The Balaban J connectivity index is 2.73. The first-order valence-electron chi connectivity index (χ1n) is 5.12. The van der Waals surface area contributed by atoms with E-state index in [4.69, 9.17) is 4.74 Å². The molecule has 3 heteroatoms. The molecule has 0 unspecified atom stereocenters. The smallest absolute Gasteiger partial charge is 0.224 e. The number of anilines is 1. The van der Waals surface area contributed by atoms with Gasteiger partial charge in [-0.15, -0.1) is 0 Å². The van der Waals surface area contributed by atoms with Crippen LogP contribution in [0.3, 0.4) is 0 Å². The monoisotopic (exact) mass is 207 g/mol. The zero-order valence-corrected chi connectivity index (χ0v) is 9.46. The summed E-state index contributed by atoms with van der Waals surface area (Å²) in [7, 11) is 1.63. The molecule has 0 aromatic heterocycles. The lowest BCUT2D eigenvalue weighted by atomic mass is 10.2. The maximum absolute atomic E-state index is 11.4. The molecule has 1 aromatic carbocycles. The van der Waals surface area contributed by atoms with E-state index < -0.39 is 0 Å². The van der Waals surface area contributed by atoms with E-state index in [1.54, 1.807) is 7.11 Å². The Morgan fingerprint density at radius 2 is 2.20 bits per heavy atom. The number of carbonyl (C=O) groups excluding carboxylic acids is 1. The van der Waals surface area contributed by atoms with E-state index >= 15 is 0 Å². The Kier molecular flexibility index (Phi) is 4.16. The van der Waals surface area contributed by atoms with Gasteiger partial charge in [-0.3, -0.25) is 4.79 Å². The van der Waals surface area contributed by atoms with Crippen LogP contribution in [0.15, 0.2) is 18.2 Å². The van der Waals surface area contributed by atoms with Crippen LogP contribution in [0.4, 0.5) is 5.69 Å². The maximum Gasteiger partial charge on any atom is 0.224 e. The van der Waals surface area contributed by atoms with Gasteiger partial charge in [0.2, 0.25) is 5.91 Å². The summed E-state index contributed by atoms with van der Waals surface area (Å²) in [5.74, 6) is 0.867. The van der Waals surface area contributed by atoms with Crippen molar-refractivity contribution < 1.29 is 9.53 Å². The molecule has 1 N–H and O–H groups in total. The van der Waals surface area contributed by atoms with Crippen molar-refractivity contribution in [3.05, 3.63) is 23.8 Å². The summed E-state index contributed by atoms with van der Waals surface area (Å²) in [5.41, 5.74) is 1.87. The molecule has 0 fully saturated rings. The molecule has 1 aromatic rings. The van der Waals surface area contributed by atoms with Crippen molar-refractivity contribution >= 4 is 11.6 Å². The summed E-state index contributed by atoms with van der Waals surface area (Å²) in [5, 5.41) is 2.87. The van der Waals surface area contributed by atoms with Crippen LogP contribution in [0.1, 0.15) is 25.3 Å². The SMILES string of the molecule is CCCC(=O)Nc1ccc(OC)cc1C. The highest BCUT2D eigenvalue weighted by molar-refractivity contribution is 5.91. The van der Waals surface area contributed by atoms with E-state index in [9.17, 15) is 4.79 Å². The largest absolute Gasteiger partial charge is 0.497 e. The second kappa shape index (κ2) is 5.39. The van der Waals surface area contributed by atoms with Gasteiger partial charge in [-0.2, -0.15) is 0 Å². The predicted octanol–water partition coefficient (Wildman–Crippen LogP) is 2.74. The molecule has 3 nitrogen and oxygen atoms in total. The van der Waals surface area contributed by atoms with Gasteiger partial charge in [-0.25, -0.2) is 0 Å². The molecule has 0 saturated heterocycles. The first kappa shape index (κ1) is 11.6. The molecule has 15 heavy (non-hydrogen) atoms. The van der Waals surface area contributed by atoms with Gasteiger partial charge in [-0.05, 0) is 37.1 Å². The van der Waals surface area contributed by atoms with E-state index in [0.717, 1.165) is 23.4 Å². The van der Waals surface area contributed by atoms with Crippen LogP contribution in [-0.4, -0.2) is 13.0 Å². The summed E-state index contributed by atoms with van der Waals surface area (Å²) in [4.78, 5) is 11.4. The minimum absolute atomic E-state index is 0.0609. The quantitative estimate of drug-likeness (QED) is 0.824. The van der Waals surface area contributed by atoms with Gasteiger partial charge in [0.25, 0.3) is 0 Å². The lowest BCUT2D eigenvalue weighted by molar-refractivity contribution is -0.116. The fourth-order valence-corrected chi connectivity index (χ4v) is 1.34. The molecule has 0 aliphatic heterocycles. The number of carbonyl (C=O) groups is 1. The summed E-state index contributed by atoms with van der Waals surface area (Å²) in [6.45, 7) is 3.94. The van der Waals surface area contributed by atoms with Crippen molar-refractivity contribution in [2.75, 3.05) is 12.4 Å². The van der Waals surface area contributed by atoms with Crippen molar-refractivity contribution in [2.24, 2.45) is 0 Å². The third-order valence-electron chi connectivity index (χ3n) is 2.18. The van der Waals surface area contributed by atoms with Crippen LogP contribution in [0, 0.1) is 6.92 Å². The summed E-state index contributed by atoms with van der Waals surface area (Å²) in [6.07, 6.45) is 1.42. The molecule has 0 aliphatic carbocycles. The maximum atomic E-state index is 11.4. The molecular weight excluding hydrogens is 190 g/mol. The topological polar surface area (TPSA) is 38.3 Å². The van der Waals surface area contributed by atoms with E-state index in [2.05, 4.69) is 5.32 Å². The number of methoxy groups -OCH3 is 1. The molecule has 0 atom stereocenters. The molecule has 0 saturated carbocycles. The zero-order valence-electron chi connectivity index (χ0n) is 9.46. The number of rotatable bonds is 4. The zero-order chi connectivity index (χ0) is 11.3. The molecule has 1 rings (SSSR count). The van der Waals surface area contributed by atoms with Gasteiger partial charge in [0.15, 0.2) is 0 Å². The Morgan fingerprint density at radius 1 is 1.47 bits per heavy atom. The molecule has 0 heterocycles. The van der Waals surface area contributed by atoms with E-state index in [0.29, 0.717) is 6.42 Å². The van der Waals surface area contributed by atoms with Gasteiger partial charge in [0.1, 0.15) is 5.75 Å². The van der Waals surface area contributed by atoms with Gasteiger partial charge < -0.3 is 10.1 Å². The number of benzene rings is 1. The van der Waals surface area contributed by atoms with Gasteiger partial charge in [0, 0.05) is 12.1 Å². The number of hydrogen-bond donors (Lipinski definition) is 1. The minimum atomic E-state index is 0.0609. The first-order chi connectivity index (χ1) is 7.17. The third-order valence-corrected chi connectivity index (χ3v) is 2.18. The molecule has 0 radical (unpaired) electrons. The summed E-state index contributed by atoms with van der Waals surface area (Å²) in [6, 6.07) is 5.61. The molecule has 1 amide bonds. The average Bonchev–Trinajstić information content (AvgIpc) is 2.21. The Hall–Kier alpha value is -1.51. The van der Waals surface area contributed by atoms with Gasteiger partial charge in [-0.1, -0.05) is 6.92 Å². The fourth-order valence-electron chi connectivity index (χ4n) is 1.34. The highest BCUT2D eigenvalue weighted by Gasteiger charge is 2.04. The second-order valence-electron chi connectivity index (χ2n) is 3.48. The van der Waals surface area contributed by atoms with Crippen LogP contribution < -0.4 is 10.1 Å². The lowest BCUT2D eigenvalue weighted by Crippen LogP contribution is -2.11. The molecular formula is C12H17NO2. The van der Waals surface area contributed by atoms with Crippen LogP contribution in [0.2, 0.25) is 0 Å². The van der Waals surface area contributed by atoms with E-state index in [-0.39, 0.29) is 5.91 Å². The average molecular weight is 207 g/mol. The van der Waals surface area contributed by atoms with Crippen molar-refractivity contribution in [3.8, 4) is 5.75 Å². The van der Waals surface area contributed by atoms with Crippen LogP contribution in [0.5, 0.6) is 5.75 Å².